The molecule has 12 heteroatoms. The van der Waals surface area contributed by atoms with Gasteiger partial charge in [-0.25, -0.2) is 26.4 Å². The van der Waals surface area contributed by atoms with Gasteiger partial charge >= 0.3 is 5.97 Å². The van der Waals surface area contributed by atoms with Gasteiger partial charge in [0.25, 0.3) is 0 Å². The van der Waals surface area contributed by atoms with Crippen LogP contribution < -0.4 is 14.2 Å². The second kappa shape index (κ2) is 11.4. The maximum Gasteiger partial charge on any atom is 0.341 e. The molecule has 3 aromatic rings. The fourth-order valence-electron chi connectivity index (χ4n) is 3.58. The second-order valence-electron chi connectivity index (χ2n) is 7.90. The highest BCUT2D eigenvalue weighted by atomic mass is 32.2. The van der Waals surface area contributed by atoms with Gasteiger partial charge in [-0.3, -0.25) is 0 Å². The van der Waals surface area contributed by atoms with E-state index in [2.05, 4.69) is 4.72 Å². The topological polar surface area (TPSA) is 160 Å². The molecule has 0 unspecified atom stereocenters. The molecule has 0 aliphatic carbocycles. The predicted molar refractivity (Wildman–Crippen MR) is 135 cm³/mol. The summed E-state index contributed by atoms with van der Waals surface area (Å²) in [7, 11) is -6.27. The Balaban J connectivity index is 1.90. The Hall–Kier alpha value is -3.92. The fourth-order valence-corrected chi connectivity index (χ4v) is 5.72. The number of hydrogen-bond donors (Lipinski definition) is 2. The normalized spacial score (nSPS) is 11.5. The van der Waals surface area contributed by atoms with Crippen molar-refractivity contribution in [2.45, 2.75) is 16.2 Å². The van der Waals surface area contributed by atoms with Crippen LogP contribution in [0.3, 0.4) is 0 Å². The third-order valence-electron chi connectivity index (χ3n) is 5.28. The van der Waals surface area contributed by atoms with Gasteiger partial charge in [0.2, 0.25) is 10.0 Å². The Labute approximate surface area is 215 Å². The summed E-state index contributed by atoms with van der Waals surface area (Å²) >= 11 is 0. The lowest BCUT2D eigenvalue weighted by Gasteiger charge is -2.15. The summed E-state index contributed by atoms with van der Waals surface area (Å²) in [4.78, 5) is 11.0. The summed E-state index contributed by atoms with van der Waals surface area (Å²) in [5, 5.41) is 18.2. The number of sulfonamides is 1. The van der Waals surface area contributed by atoms with Gasteiger partial charge in [-0.05, 0) is 47.9 Å². The predicted octanol–water partition coefficient (Wildman–Crippen LogP) is 2.62. The van der Waals surface area contributed by atoms with Gasteiger partial charge in [0.1, 0.15) is 16.4 Å². The van der Waals surface area contributed by atoms with Crippen molar-refractivity contribution in [2.75, 3.05) is 26.5 Å². The van der Waals surface area contributed by atoms with Crippen LogP contribution in [0.25, 0.3) is 11.1 Å². The maximum atomic E-state index is 12.9. The molecule has 0 saturated heterocycles. The smallest absolute Gasteiger partial charge is 0.341 e. The number of benzene rings is 3. The number of carbonyl (C=O) groups is 1. The van der Waals surface area contributed by atoms with Crippen molar-refractivity contribution in [3.05, 3.63) is 71.8 Å². The number of ether oxygens (including phenoxy) is 2. The van der Waals surface area contributed by atoms with E-state index in [0.717, 1.165) is 6.26 Å². The quantitative estimate of drug-likeness (QED) is 0.370. The second-order valence-corrected chi connectivity index (χ2v) is 11.6. The van der Waals surface area contributed by atoms with Crippen LogP contribution in [0.1, 0.15) is 11.1 Å². The monoisotopic (exact) mass is 544 g/mol. The average molecular weight is 545 g/mol. The number of carboxylic acid groups (broad SMARTS) is 1. The summed E-state index contributed by atoms with van der Waals surface area (Å²) in [6.45, 7) is -0.723. The Morgan fingerprint density at radius 2 is 1.73 bits per heavy atom. The third kappa shape index (κ3) is 6.85. The van der Waals surface area contributed by atoms with Crippen molar-refractivity contribution in [2.24, 2.45) is 0 Å². The van der Waals surface area contributed by atoms with Gasteiger partial charge in [0.15, 0.2) is 16.4 Å². The minimum absolute atomic E-state index is 0.0749. The molecule has 0 saturated carbocycles. The number of carboxylic acids is 1. The molecule has 3 rings (SSSR count). The highest BCUT2D eigenvalue weighted by molar-refractivity contribution is 7.91. The Morgan fingerprint density at radius 1 is 1.00 bits per heavy atom. The van der Waals surface area contributed by atoms with Crippen molar-refractivity contribution < 1.29 is 36.2 Å². The van der Waals surface area contributed by atoms with Crippen LogP contribution in [-0.2, 0) is 31.1 Å². The number of hydrogen-bond acceptors (Lipinski definition) is 8. The number of aliphatic carboxylic acids is 1. The van der Waals surface area contributed by atoms with Gasteiger partial charge < -0.3 is 14.6 Å². The summed E-state index contributed by atoms with van der Waals surface area (Å²) < 4.78 is 63.2. The number of nitrogens with zero attached hydrogens (tertiary/aromatic N) is 1. The molecular weight excluding hydrogens is 520 g/mol. The van der Waals surface area contributed by atoms with E-state index in [0.29, 0.717) is 16.7 Å². The summed E-state index contributed by atoms with van der Waals surface area (Å²) in [6, 6.07) is 17.1. The van der Waals surface area contributed by atoms with Gasteiger partial charge in [-0.2, -0.15) is 5.26 Å². The molecule has 2 N–H and O–H groups in total. The largest absolute Gasteiger partial charge is 0.495 e. The molecule has 0 aliphatic rings. The zero-order chi connectivity index (χ0) is 27.2. The first-order valence-corrected chi connectivity index (χ1v) is 14.2. The van der Waals surface area contributed by atoms with Crippen LogP contribution >= 0.6 is 0 Å². The zero-order valence-electron chi connectivity index (χ0n) is 20.0. The molecule has 0 amide bonds. The van der Waals surface area contributed by atoms with Gasteiger partial charge in [-0.15, -0.1) is 0 Å². The molecule has 0 spiro atoms. The molecule has 0 fully saturated rings. The molecule has 0 aromatic heterocycles. The van der Waals surface area contributed by atoms with Crippen molar-refractivity contribution in [1.29, 1.82) is 5.26 Å². The van der Waals surface area contributed by atoms with Gasteiger partial charge in [0.05, 0.1) is 23.6 Å². The molecule has 0 atom stereocenters. The molecule has 0 bridgehead atoms. The minimum atomic E-state index is -4.05. The number of rotatable bonds is 11. The van der Waals surface area contributed by atoms with E-state index in [4.69, 9.17) is 19.8 Å². The molecule has 0 aliphatic heterocycles. The third-order valence-corrected chi connectivity index (χ3v) is 7.92. The minimum Gasteiger partial charge on any atom is -0.495 e. The van der Waals surface area contributed by atoms with Crippen molar-refractivity contribution in [3.63, 3.8) is 0 Å². The van der Waals surface area contributed by atoms with Crippen molar-refractivity contribution in [3.8, 4) is 28.7 Å². The lowest BCUT2D eigenvalue weighted by atomic mass is 10.0. The Kier molecular flexibility index (Phi) is 8.54. The van der Waals surface area contributed by atoms with E-state index in [1.165, 1.54) is 37.4 Å². The Morgan fingerprint density at radius 3 is 2.38 bits per heavy atom. The van der Waals surface area contributed by atoms with Gasteiger partial charge in [-0.1, -0.05) is 30.3 Å². The van der Waals surface area contributed by atoms with Crippen LogP contribution in [0.15, 0.2) is 70.5 Å². The van der Waals surface area contributed by atoms with Crippen molar-refractivity contribution in [1.82, 2.24) is 4.72 Å². The summed E-state index contributed by atoms with van der Waals surface area (Å²) in [6.07, 6.45) is 1.22. The molecular formula is C25H24N2O8S2. The lowest BCUT2D eigenvalue weighted by Crippen LogP contribution is -2.26. The van der Waals surface area contributed by atoms with Crippen LogP contribution in [0.2, 0.25) is 0 Å². The molecule has 0 heterocycles. The van der Waals surface area contributed by atoms with E-state index < -0.39 is 32.4 Å². The number of nitrogens with one attached hydrogen (secondary N) is 1. The number of nitriles is 1. The molecule has 194 valence electrons. The Bertz CT molecular complexity index is 1580. The van der Waals surface area contributed by atoms with Crippen LogP contribution in [0.4, 0.5) is 0 Å². The SMILES string of the molecule is COc1ccc(C#N)cc1S(=O)(=O)NCCc1ccc(-c2ccccc2S(C)(=O)=O)cc1OCC(=O)O. The standard InChI is InChI=1S/C25H24N2O8S2/c1-34-21-10-7-17(15-26)13-24(21)37(32,33)27-12-11-18-8-9-19(14-22(18)35-16-25(28)29)20-5-3-4-6-23(20)36(2,30)31/h3-10,13-14,27H,11-12,16H2,1-2H3,(H,28,29). The lowest BCUT2D eigenvalue weighted by molar-refractivity contribution is -0.139. The zero-order valence-corrected chi connectivity index (χ0v) is 21.6. The molecule has 0 radical (unpaired) electrons. The molecule has 10 nitrogen and oxygen atoms in total. The summed E-state index contributed by atoms with van der Waals surface area (Å²) in [5.41, 5.74) is 1.56. The highest BCUT2D eigenvalue weighted by Gasteiger charge is 2.21. The van der Waals surface area contributed by atoms with Crippen LogP contribution in [0.5, 0.6) is 11.5 Å². The molecule has 37 heavy (non-hydrogen) atoms. The van der Waals surface area contributed by atoms with Crippen molar-refractivity contribution >= 4 is 25.8 Å². The van der Waals surface area contributed by atoms with E-state index in [1.54, 1.807) is 30.3 Å². The first-order chi connectivity index (χ1) is 17.5. The number of methoxy groups -OCH3 is 1. The maximum absolute atomic E-state index is 12.9. The summed E-state index contributed by atoms with van der Waals surface area (Å²) in [5.74, 6) is -0.963. The first-order valence-electron chi connectivity index (χ1n) is 10.8. The highest BCUT2D eigenvalue weighted by Crippen LogP contribution is 2.32. The number of sulfone groups is 1. The average Bonchev–Trinajstić information content (AvgIpc) is 2.86. The van der Waals surface area contributed by atoms with Crippen LogP contribution in [0, 0.1) is 11.3 Å². The van der Waals surface area contributed by atoms with E-state index in [9.17, 15) is 21.6 Å². The first kappa shape index (κ1) is 27.7. The van der Waals surface area contributed by atoms with Crippen LogP contribution in [-0.4, -0.2) is 54.4 Å². The van der Waals surface area contributed by atoms with E-state index in [-0.39, 0.29) is 39.8 Å². The fraction of sp³-hybridized carbons (Fsp3) is 0.200. The van der Waals surface area contributed by atoms with E-state index >= 15 is 0 Å². The van der Waals surface area contributed by atoms with Gasteiger partial charge in [0, 0.05) is 18.4 Å². The molecule has 3 aromatic carbocycles. The van der Waals surface area contributed by atoms with E-state index in [1.807, 2.05) is 6.07 Å².